The first kappa shape index (κ1) is 28.6. The molecular formula is C29H34F3N3O4S. The number of sulfone groups is 1. The molecule has 2 saturated heterocycles. The molecule has 7 nitrogen and oxygen atoms in total. The van der Waals surface area contributed by atoms with E-state index in [1.54, 1.807) is 35.2 Å². The van der Waals surface area contributed by atoms with Crippen molar-refractivity contribution in [3.8, 4) is 0 Å². The Morgan fingerprint density at radius 3 is 2.38 bits per heavy atom. The molecule has 11 heteroatoms. The molecular weight excluding hydrogens is 543 g/mol. The summed E-state index contributed by atoms with van der Waals surface area (Å²) in [6.45, 7) is 2.35. The standard InChI is InChI=1S/C29H34F3N3O4S/c30-29(31,32)22-8-6-7-20(17-22)27(36)33-25-13-16-35(28(25)37)26-12-11-23(34-14-4-5-15-34)18-21(26)19-40(38,39)24-9-2-1-3-10-24/h1-3,6-10,17,21,23,25-26H,4-5,11-16,18-19H2,(H,33,36)/t21-,23-,25+,26+/m1/s1. The van der Waals surface area contributed by atoms with Gasteiger partial charge in [0.1, 0.15) is 6.04 Å². The number of likely N-dealkylation sites (tertiary alicyclic amines) is 2. The fourth-order valence-electron chi connectivity index (χ4n) is 6.50. The third kappa shape index (κ3) is 6.20. The quantitative estimate of drug-likeness (QED) is 0.535. The van der Waals surface area contributed by atoms with Crippen LogP contribution < -0.4 is 5.32 Å². The van der Waals surface area contributed by atoms with Crippen LogP contribution in [-0.4, -0.2) is 73.5 Å². The van der Waals surface area contributed by atoms with Gasteiger partial charge >= 0.3 is 6.18 Å². The lowest BCUT2D eigenvalue weighted by atomic mass is 9.81. The number of amides is 2. The molecule has 2 aliphatic heterocycles. The maximum Gasteiger partial charge on any atom is 0.416 e. The van der Waals surface area contributed by atoms with Crippen molar-refractivity contribution in [1.29, 1.82) is 0 Å². The van der Waals surface area contributed by atoms with Crippen molar-refractivity contribution in [3.05, 3.63) is 65.7 Å². The number of hydrogen-bond donors (Lipinski definition) is 1. The normalized spacial score (nSPS) is 26.3. The van der Waals surface area contributed by atoms with Crippen LogP contribution in [0.1, 0.15) is 54.4 Å². The Morgan fingerprint density at radius 2 is 1.68 bits per heavy atom. The van der Waals surface area contributed by atoms with Gasteiger partial charge < -0.3 is 15.1 Å². The van der Waals surface area contributed by atoms with E-state index in [1.807, 2.05) is 0 Å². The molecule has 216 valence electrons. The number of carbonyl (C=O) groups excluding carboxylic acids is 2. The molecule has 2 amide bonds. The van der Waals surface area contributed by atoms with Crippen molar-refractivity contribution >= 4 is 21.7 Å². The van der Waals surface area contributed by atoms with Crippen molar-refractivity contribution in [2.75, 3.05) is 25.4 Å². The molecule has 5 rings (SSSR count). The Balaban J connectivity index is 1.31. The van der Waals surface area contributed by atoms with Crippen LogP contribution in [0.3, 0.4) is 0 Å². The molecule has 4 atom stereocenters. The second-order valence-corrected chi connectivity index (χ2v) is 13.1. The third-order valence-corrected chi connectivity index (χ3v) is 10.4. The van der Waals surface area contributed by atoms with E-state index in [2.05, 4.69) is 10.2 Å². The van der Waals surface area contributed by atoms with Crippen LogP contribution >= 0.6 is 0 Å². The van der Waals surface area contributed by atoms with Crippen LogP contribution in [-0.2, 0) is 20.8 Å². The van der Waals surface area contributed by atoms with Crippen LogP contribution in [0.2, 0.25) is 0 Å². The first-order chi connectivity index (χ1) is 19.0. The summed E-state index contributed by atoms with van der Waals surface area (Å²) in [5, 5.41) is 2.61. The van der Waals surface area contributed by atoms with Crippen LogP contribution in [0.4, 0.5) is 13.2 Å². The number of rotatable bonds is 7. The highest BCUT2D eigenvalue weighted by molar-refractivity contribution is 7.91. The second kappa shape index (κ2) is 11.5. The fourth-order valence-corrected chi connectivity index (χ4v) is 8.19. The van der Waals surface area contributed by atoms with Crippen LogP contribution in [0, 0.1) is 5.92 Å². The van der Waals surface area contributed by atoms with Crippen molar-refractivity contribution in [3.63, 3.8) is 0 Å². The molecule has 1 N–H and O–H groups in total. The Bertz CT molecular complexity index is 1330. The number of halogens is 3. The lowest BCUT2D eigenvalue weighted by Crippen LogP contribution is -2.52. The summed E-state index contributed by atoms with van der Waals surface area (Å²) in [6, 6.07) is 11.6. The summed E-state index contributed by atoms with van der Waals surface area (Å²) in [4.78, 5) is 30.7. The van der Waals surface area contributed by atoms with E-state index in [4.69, 9.17) is 0 Å². The lowest BCUT2D eigenvalue weighted by molar-refractivity contribution is -0.137. The highest BCUT2D eigenvalue weighted by Crippen LogP contribution is 2.36. The molecule has 3 aliphatic rings. The lowest BCUT2D eigenvalue weighted by Gasteiger charge is -2.43. The summed E-state index contributed by atoms with van der Waals surface area (Å²) in [5.74, 6) is -1.40. The van der Waals surface area contributed by atoms with Gasteiger partial charge in [0.2, 0.25) is 5.91 Å². The summed E-state index contributed by atoms with van der Waals surface area (Å²) in [7, 11) is -3.59. The van der Waals surface area contributed by atoms with Gasteiger partial charge in [-0.15, -0.1) is 0 Å². The zero-order chi connectivity index (χ0) is 28.5. The second-order valence-electron chi connectivity index (χ2n) is 11.1. The smallest absolute Gasteiger partial charge is 0.340 e. The minimum Gasteiger partial charge on any atom is -0.340 e. The zero-order valence-electron chi connectivity index (χ0n) is 22.1. The first-order valence-corrected chi connectivity index (χ1v) is 15.5. The van der Waals surface area contributed by atoms with E-state index in [0.29, 0.717) is 25.8 Å². The topological polar surface area (TPSA) is 86.8 Å². The largest absolute Gasteiger partial charge is 0.416 e. The van der Waals surface area contributed by atoms with Crippen LogP contribution in [0.25, 0.3) is 0 Å². The number of hydrogen-bond acceptors (Lipinski definition) is 5. The first-order valence-electron chi connectivity index (χ1n) is 13.8. The van der Waals surface area contributed by atoms with Crippen molar-refractivity contribution < 1.29 is 31.2 Å². The molecule has 2 aromatic carbocycles. The zero-order valence-corrected chi connectivity index (χ0v) is 23.0. The average Bonchev–Trinajstić information content (AvgIpc) is 3.59. The maximum absolute atomic E-state index is 13.5. The Labute approximate surface area is 232 Å². The van der Waals surface area contributed by atoms with Gasteiger partial charge in [-0.3, -0.25) is 9.59 Å². The highest BCUT2D eigenvalue weighted by atomic mass is 32.2. The number of alkyl halides is 3. The van der Waals surface area contributed by atoms with Gasteiger partial charge in [-0.25, -0.2) is 8.42 Å². The van der Waals surface area contributed by atoms with Crippen molar-refractivity contribution in [1.82, 2.24) is 15.1 Å². The molecule has 40 heavy (non-hydrogen) atoms. The number of nitrogens with zero attached hydrogens (tertiary/aromatic N) is 2. The Hall–Kier alpha value is -2.92. The van der Waals surface area contributed by atoms with Gasteiger partial charge in [-0.1, -0.05) is 24.3 Å². The van der Waals surface area contributed by atoms with E-state index >= 15 is 0 Å². The van der Waals surface area contributed by atoms with Gasteiger partial charge in [-0.2, -0.15) is 13.2 Å². The monoisotopic (exact) mass is 577 g/mol. The third-order valence-electron chi connectivity index (χ3n) is 8.51. The minimum atomic E-state index is -4.58. The Kier molecular flexibility index (Phi) is 8.24. The number of carbonyl (C=O) groups is 2. The predicted molar refractivity (Wildman–Crippen MR) is 143 cm³/mol. The van der Waals surface area contributed by atoms with Gasteiger partial charge in [-0.05, 0) is 87.9 Å². The van der Waals surface area contributed by atoms with Gasteiger partial charge in [0.15, 0.2) is 9.84 Å². The van der Waals surface area contributed by atoms with Gasteiger partial charge in [0.05, 0.1) is 16.2 Å². The van der Waals surface area contributed by atoms with E-state index in [-0.39, 0.29) is 40.1 Å². The molecule has 0 bridgehead atoms. The van der Waals surface area contributed by atoms with E-state index < -0.39 is 33.5 Å². The number of benzene rings is 2. The fraction of sp³-hybridized carbons (Fsp3) is 0.517. The SMILES string of the molecule is O=C(N[C@H]1CCN([C@H]2CC[C@@H](N3CCCC3)C[C@@H]2CS(=O)(=O)c2ccccc2)C1=O)c1cccc(C(F)(F)F)c1. The Morgan fingerprint density at radius 1 is 0.950 bits per heavy atom. The molecule has 3 fully saturated rings. The maximum atomic E-state index is 13.5. The molecule has 2 heterocycles. The van der Waals surface area contributed by atoms with Crippen molar-refractivity contribution in [2.45, 2.75) is 67.7 Å². The molecule has 2 aromatic rings. The molecule has 1 aliphatic carbocycles. The predicted octanol–water partition coefficient (Wildman–Crippen LogP) is 4.14. The van der Waals surface area contributed by atoms with Crippen LogP contribution in [0.5, 0.6) is 0 Å². The molecule has 0 unspecified atom stereocenters. The summed E-state index contributed by atoms with van der Waals surface area (Å²) < 4.78 is 66.1. The van der Waals surface area contributed by atoms with E-state index in [1.165, 1.54) is 6.07 Å². The molecule has 0 spiro atoms. The minimum absolute atomic E-state index is 0.0724. The molecule has 0 aromatic heterocycles. The summed E-state index contributed by atoms with van der Waals surface area (Å²) in [5.41, 5.74) is -1.10. The summed E-state index contributed by atoms with van der Waals surface area (Å²) >= 11 is 0. The van der Waals surface area contributed by atoms with Gasteiger partial charge in [0, 0.05) is 24.2 Å². The van der Waals surface area contributed by atoms with Crippen LogP contribution in [0.15, 0.2) is 59.5 Å². The van der Waals surface area contributed by atoms with E-state index in [9.17, 15) is 31.2 Å². The summed E-state index contributed by atoms with van der Waals surface area (Å²) in [6.07, 6.45) is 0.179. The number of nitrogens with one attached hydrogen (secondary N) is 1. The molecule has 1 saturated carbocycles. The molecule has 0 radical (unpaired) electrons. The highest BCUT2D eigenvalue weighted by Gasteiger charge is 2.44. The van der Waals surface area contributed by atoms with Crippen molar-refractivity contribution in [2.24, 2.45) is 5.92 Å². The average molecular weight is 578 g/mol. The van der Waals surface area contributed by atoms with E-state index in [0.717, 1.165) is 50.6 Å². The van der Waals surface area contributed by atoms with Gasteiger partial charge in [0.25, 0.3) is 5.91 Å².